The Morgan fingerprint density at radius 1 is 0.667 bits per heavy atom. The lowest BCUT2D eigenvalue weighted by atomic mass is 9.94. The van der Waals surface area contributed by atoms with Crippen LogP contribution in [-0.4, -0.2) is 0 Å². The Morgan fingerprint density at radius 3 is 1.92 bits per heavy atom. The lowest BCUT2D eigenvalue weighted by Gasteiger charge is -2.12. The third-order valence-electron chi connectivity index (χ3n) is 4.44. The van der Waals surface area contributed by atoms with Crippen molar-refractivity contribution in [3.05, 3.63) is 77.4 Å². The first-order valence-corrected chi connectivity index (χ1v) is 10.3. The van der Waals surface area contributed by atoms with Crippen molar-refractivity contribution >= 4 is 33.0 Å². The maximum atomic E-state index is 2.85. The predicted molar refractivity (Wildman–Crippen MR) is 118 cm³/mol. The second-order valence-corrected chi connectivity index (χ2v) is 7.53. The van der Waals surface area contributed by atoms with Gasteiger partial charge in [-0.3, -0.25) is 0 Å². The van der Waals surface area contributed by atoms with Crippen LogP contribution in [0.3, 0.4) is 0 Å². The van der Waals surface area contributed by atoms with E-state index >= 15 is 0 Å². The lowest BCUT2D eigenvalue weighted by molar-refractivity contribution is 1.28. The van der Waals surface area contributed by atoms with Crippen LogP contribution in [0.1, 0.15) is 16.7 Å². The van der Waals surface area contributed by atoms with Gasteiger partial charge in [0.05, 0.1) is 0 Å². The molecular formula is C21H23P3. The molecule has 0 radical (unpaired) electrons. The van der Waals surface area contributed by atoms with Gasteiger partial charge in [0.2, 0.25) is 0 Å². The van der Waals surface area contributed by atoms with Crippen molar-refractivity contribution in [3.63, 3.8) is 0 Å². The van der Waals surface area contributed by atoms with Gasteiger partial charge in [0, 0.05) is 0 Å². The summed E-state index contributed by atoms with van der Waals surface area (Å²) in [4.78, 5) is 0. The third-order valence-corrected chi connectivity index (χ3v) is 5.70. The summed E-state index contributed by atoms with van der Waals surface area (Å²) < 4.78 is 0. The Balaban J connectivity index is 2.07. The summed E-state index contributed by atoms with van der Waals surface area (Å²) in [6.45, 7) is 2.18. The minimum absolute atomic E-state index is 0.992. The molecule has 0 heterocycles. The van der Waals surface area contributed by atoms with Crippen LogP contribution in [0, 0.1) is 6.92 Å². The molecule has 3 atom stereocenters. The minimum Gasteiger partial charge on any atom is -0.133 e. The van der Waals surface area contributed by atoms with Crippen LogP contribution in [-0.2, 0) is 12.3 Å². The van der Waals surface area contributed by atoms with E-state index in [0.717, 1.165) is 12.3 Å². The number of aryl methyl sites for hydroxylation is 1. The first-order chi connectivity index (χ1) is 11.6. The fourth-order valence-corrected chi connectivity index (χ4v) is 3.94. The van der Waals surface area contributed by atoms with E-state index < -0.39 is 0 Å². The summed E-state index contributed by atoms with van der Waals surface area (Å²) in [6.07, 6.45) is 2.00. The van der Waals surface area contributed by atoms with Crippen LogP contribution in [0.2, 0.25) is 0 Å². The molecule has 0 aliphatic heterocycles. The average molecular weight is 368 g/mol. The SMILES string of the molecule is Cc1ccc(-c2ccc(CP)c(CP)c2)cc1-c1ccc(P)cc1. The van der Waals surface area contributed by atoms with Crippen molar-refractivity contribution < 1.29 is 0 Å². The zero-order valence-electron chi connectivity index (χ0n) is 13.9. The van der Waals surface area contributed by atoms with Gasteiger partial charge in [0.15, 0.2) is 0 Å². The second-order valence-electron chi connectivity index (χ2n) is 6.04. The Bertz CT molecular complexity index is 851. The molecule has 3 rings (SSSR count). The van der Waals surface area contributed by atoms with Gasteiger partial charge in [-0.15, -0.1) is 27.7 Å². The highest BCUT2D eigenvalue weighted by Crippen LogP contribution is 2.31. The normalized spacial score (nSPS) is 10.8. The molecule has 0 saturated carbocycles. The minimum atomic E-state index is 0.992. The van der Waals surface area contributed by atoms with E-state index in [2.05, 4.69) is 95.3 Å². The van der Waals surface area contributed by atoms with Crippen molar-refractivity contribution in [1.82, 2.24) is 0 Å². The van der Waals surface area contributed by atoms with Gasteiger partial charge in [0.25, 0.3) is 0 Å². The molecule has 0 spiro atoms. The summed E-state index contributed by atoms with van der Waals surface area (Å²) in [5.41, 5.74) is 9.26. The summed E-state index contributed by atoms with van der Waals surface area (Å²) in [5, 5.41) is 1.21. The van der Waals surface area contributed by atoms with Gasteiger partial charge >= 0.3 is 0 Å². The van der Waals surface area contributed by atoms with Crippen LogP contribution < -0.4 is 5.30 Å². The molecular weight excluding hydrogens is 345 g/mol. The number of benzene rings is 3. The van der Waals surface area contributed by atoms with Crippen LogP contribution in [0.25, 0.3) is 22.3 Å². The lowest BCUT2D eigenvalue weighted by Crippen LogP contribution is -1.92. The molecule has 3 unspecified atom stereocenters. The van der Waals surface area contributed by atoms with Gasteiger partial charge < -0.3 is 0 Å². The Labute approximate surface area is 152 Å². The third kappa shape index (κ3) is 3.78. The highest BCUT2D eigenvalue weighted by atomic mass is 31.0. The van der Waals surface area contributed by atoms with Crippen LogP contribution in [0.15, 0.2) is 60.7 Å². The molecule has 0 bridgehead atoms. The van der Waals surface area contributed by atoms with Gasteiger partial charge in [-0.05, 0) is 69.6 Å². The van der Waals surface area contributed by atoms with Crippen molar-refractivity contribution in [1.29, 1.82) is 0 Å². The summed E-state index contributed by atoms with van der Waals surface area (Å²) >= 11 is 0. The highest BCUT2D eigenvalue weighted by Gasteiger charge is 2.07. The molecule has 122 valence electrons. The predicted octanol–water partition coefficient (Wildman–Crippen LogP) is 5.58. The molecule has 0 nitrogen and oxygen atoms in total. The van der Waals surface area contributed by atoms with Crippen molar-refractivity contribution in [2.24, 2.45) is 0 Å². The molecule has 0 aromatic heterocycles. The standard InChI is InChI=1S/C21H23P3/c1-14-2-3-17(11-21(14)15-6-8-20(24)9-7-15)16-4-5-18(12-22)19(10-16)13-23/h2-11H,12-13,22-24H2,1H3. The van der Waals surface area contributed by atoms with Gasteiger partial charge in [-0.1, -0.05) is 54.6 Å². The molecule has 0 saturated heterocycles. The quantitative estimate of drug-likeness (QED) is 0.528. The fourth-order valence-electron chi connectivity index (χ4n) is 2.97. The Hall–Kier alpha value is -1.05. The smallest absolute Gasteiger partial charge is 0.0125 e. The van der Waals surface area contributed by atoms with Crippen molar-refractivity contribution in [2.75, 3.05) is 0 Å². The van der Waals surface area contributed by atoms with Gasteiger partial charge in [-0.2, -0.15) is 0 Å². The largest absolute Gasteiger partial charge is 0.133 e. The molecule has 0 aliphatic rings. The maximum Gasteiger partial charge on any atom is -0.0125 e. The Kier molecular flexibility index (Phi) is 5.84. The molecule has 3 heteroatoms. The topological polar surface area (TPSA) is 0 Å². The first-order valence-electron chi connectivity index (χ1n) is 8.11. The van der Waals surface area contributed by atoms with Crippen molar-refractivity contribution in [2.45, 2.75) is 19.2 Å². The van der Waals surface area contributed by atoms with E-state index in [1.807, 2.05) is 0 Å². The molecule has 0 amide bonds. The number of hydrogen-bond donors (Lipinski definition) is 0. The van der Waals surface area contributed by atoms with E-state index in [1.54, 1.807) is 0 Å². The number of rotatable bonds is 4. The molecule has 0 aliphatic carbocycles. The van der Waals surface area contributed by atoms with E-state index in [-0.39, 0.29) is 0 Å². The van der Waals surface area contributed by atoms with E-state index in [4.69, 9.17) is 0 Å². The van der Waals surface area contributed by atoms with Crippen molar-refractivity contribution in [3.8, 4) is 22.3 Å². The highest BCUT2D eigenvalue weighted by molar-refractivity contribution is 7.27. The summed E-state index contributed by atoms with van der Waals surface area (Å²) in [6, 6.07) is 22.3. The van der Waals surface area contributed by atoms with Crippen LogP contribution in [0.5, 0.6) is 0 Å². The maximum absolute atomic E-state index is 2.85. The van der Waals surface area contributed by atoms with E-state index in [1.165, 1.54) is 44.2 Å². The van der Waals surface area contributed by atoms with Gasteiger partial charge in [0.1, 0.15) is 0 Å². The Morgan fingerprint density at radius 2 is 1.25 bits per heavy atom. The monoisotopic (exact) mass is 368 g/mol. The molecule has 3 aromatic rings. The van der Waals surface area contributed by atoms with Gasteiger partial charge in [-0.25, -0.2) is 0 Å². The van der Waals surface area contributed by atoms with E-state index in [0.29, 0.717) is 0 Å². The first kappa shape index (κ1) is 17.8. The average Bonchev–Trinajstić information content (AvgIpc) is 2.62. The second kappa shape index (κ2) is 7.89. The van der Waals surface area contributed by atoms with Crippen LogP contribution in [0.4, 0.5) is 0 Å². The molecule has 3 aromatic carbocycles. The molecule has 0 fully saturated rings. The summed E-state index contributed by atoms with van der Waals surface area (Å²) in [7, 11) is 8.41. The number of hydrogen-bond acceptors (Lipinski definition) is 0. The zero-order valence-corrected chi connectivity index (χ0v) is 17.4. The van der Waals surface area contributed by atoms with Crippen LogP contribution >= 0.6 is 27.7 Å². The van der Waals surface area contributed by atoms with E-state index in [9.17, 15) is 0 Å². The molecule has 0 N–H and O–H groups in total. The molecule has 24 heavy (non-hydrogen) atoms. The summed E-state index contributed by atoms with van der Waals surface area (Å²) in [5.74, 6) is 0. The zero-order chi connectivity index (χ0) is 17.1. The fraction of sp³-hybridized carbons (Fsp3) is 0.143.